The molecule has 0 saturated carbocycles. The first kappa shape index (κ1) is 14.0. The van der Waals surface area contributed by atoms with E-state index in [1.54, 1.807) is 6.20 Å². The average molecular weight is 305 g/mol. The molecule has 4 rings (SSSR count). The summed E-state index contributed by atoms with van der Waals surface area (Å²) >= 11 is 0. The van der Waals surface area contributed by atoms with Crippen LogP contribution in [0.25, 0.3) is 5.65 Å². The van der Waals surface area contributed by atoms with Gasteiger partial charge in [0, 0.05) is 18.1 Å². The Bertz CT molecular complexity index is 881. The lowest BCUT2D eigenvalue weighted by Crippen LogP contribution is -2.31. The Kier molecular flexibility index (Phi) is 3.37. The maximum Gasteiger partial charge on any atom is 0.255 e. The monoisotopic (exact) mass is 305 g/mol. The molecular weight excluding hydrogens is 286 g/mol. The lowest BCUT2D eigenvalue weighted by atomic mass is 9.87. The number of benzene rings is 1. The van der Waals surface area contributed by atoms with Gasteiger partial charge in [0.25, 0.3) is 5.91 Å². The van der Waals surface area contributed by atoms with E-state index in [2.05, 4.69) is 28.5 Å². The molecule has 0 saturated heterocycles. The Morgan fingerprint density at radius 1 is 1.26 bits per heavy atom. The summed E-state index contributed by atoms with van der Waals surface area (Å²) in [5.41, 5.74) is 5.01. The van der Waals surface area contributed by atoms with Crippen LogP contribution in [0.4, 0.5) is 0 Å². The van der Waals surface area contributed by atoms with Crippen LogP contribution in [0.1, 0.15) is 46.1 Å². The van der Waals surface area contributed by atoms with Gasteiger partial charge in [0.05, 0.1) is 11.6 Å². The van der Waals surface area contributed by atoms with Crippen molar-refractivity contribution < 1.29 is 4.79 Å². The van der Waals surface area contributed by atoms with Crippen molar-refractivity contribution in [2.45, 2.75) is 32.2 Å². The van der Waals surface area contributed by atoms with Crippen molar-refractivity contribution in [2.75, 3.05) is 0 Å². The molecule has 1 N–H and O–H groups in total. The van der Waals surface area contributed by atoms with Gasteiger partial charge in [-0.05, 0) is 49.4 Å². The van der Waals surface area contributed by atoms with E-state index in [4.69, 9.17) is 0 Å². The second-order valence-electron chi connectivity index (χ2n) is 6.13. The van der Waals surface area contributed by atoms with Crippen molar-refractivity contribution >= 4 is 11.6 Å². The summed E-state index contributed by atoms with van der Waals surface area (Å²) in [6.45, 7) is 2.01. The third kappa shape index (κ3) is 2.40. The largest absolute Gasteiger partial charge is 0.345 e. The van der Waals surface area contributed by atoms with Crippen molar-refractivity contribution in [3.05, 3.63) is 71.2 Å². The van der Waals surface area contributed by atoms with Crippen LogP contribution in [-0.4, -0.2) is 15.3 Å². The van der Waals surface area contributed by atoms with E-state index in [0.29, 0.717) is 11.2 Å². The number of amides is 1. The molecule has 0 bridgehead atoms. The highest BCUT2D eigenvalue weighted by Crippen LogP contribution is 2.29. The molecule has 0 aliphatic heterocycles. The minimum Gasteiger partial charge on any atom is -0.345 e. The molecule has 1 aromatic carbocycles. The Hall–Kier alpha value is -2.62. The van der Waals surface area contributed by atoms with Gasteiger partial charge in [0.1, 0.15) is 5.65 Å². The molecule has 1 amide bonds. The number of fused-ring (bicyclic) bond motifs is 2. The Balaban J connectivity index is 1.65. The van der Waals surface area contributed by atoms with E-state index < -0.39 is 0 Å². The van der Waals surface area contributed by atoms with E-state index in [9.17, 15) is 4.79 Å². The first-order valence-electron chi connectivity index (χ1n) is 8.05. The highest BCUT2D eigenvalue weighted by Gasteiger charge is 2.23. The molecule has 23 heavy (non-hydrogen) atoms. The molecule has 2 aromatic heterocycles. The molecule has 1 aliphatic rings. The summed E-state index contributed by atoms with van der Waals surface area (Å²) < 4.78 is 1.95. The SMILES string of the molecule is Cc1ccnc2c(C(=O)N[C@H]3CCCc4ccccc43)ccn12. The van der Waals surface area contributed by atoms with E-state index >= 15 is 0 Å². The van der Waals surface area contributed by atoms with Crippen LogP contribution in [-0.2, 0) is 6.42 Å². The van der Waals surface area contributed by atoms with Crippen molar-refractivity contribution in [3.8, 4) is 0 Å². The molecule has 0 radical (unpaired) electrons. The summed E-state index contributed by atoms with van der Waals surface area (Å²) in [6.07, 6.45) is 6.84. The fourth-order valence-electron chi connectivity index (χ4n) is 3.45. The van der Waals surface area contributed by atoms with Gasteiger partial charge in [0.2, 0.25) is 0 Å². The van der Waals surface area contributed by atoms with Gasteiger partial charge in [-0.25, -0.2) is 4.98 Å². The first-order valence-corrected chi connectivity index (χ1v) is 8.05. The summed E-state index contributed by atoms with van der Waals surface area (Å²) in [4.78, 5) is 17.1. The van der Waals surface area contributed by atoms with Crippen molar-refractivity contribution in [3.63, 3.8) is 0 Å². The van der Waals surface area contributed by atoms with Crippen LogP contribution < -0.4 is 5.32 Å². The number of aryl methyl sites for hydroxylation is 2. The summed E-state index contributed by atoms with van der Waals surface area (Å²) in [5.74, 6) is -0.0488. The zero-order valence-electron chi connectivity index (χ0n) is 13.1. The zero-order chi connectivity index (χ0) is 15.8. The molecule has 1 aliphatic carbocycles. The summed E-state index contributed by atoms with van der Waals surface area (Å²) in [5, 5.41) is 3.20. The number of hydrogen-bond acceptors (Lipinski definition) is 2. The minimum absolute atomic E-state index is 0.0488. The van der Waals surface area contributed by atoms with Gasteiger partial charge in [-0.1, -0.05) is 24.3 Å². The number of aromatic nitrogens is 2. The average Bonchev–Trinajstić information content (AvgIpc) is 3.01. The van der Waals surface area contributed by atoms with Gasteiger partial charge in [-0.15, -0.1) is 0 Å². The van der Waals surface area contributed by atoms with Crippen molar-refractivity contribution in [1.82, 2.24) is 14.7 Å². The van der Waals surface area contributed by atoms with Gasteiger partial charge in [-0.2, -0.15) is 0 Å². The molecular formula is C19H19N3O. The Labute approximate surface area is 135 Å². The van der Waals surface area contributed by atoms with Crippen LogP contribution in [0.15, 0.2) is 48.8 Å². The number of carbonyl (C=O) groups excluding carboxylic acids is 1. The number of rotatable bonds is 2. The molecule has 4 nitrogen and oxygen atoms in total. The van der Waals surface area contributed by atoms with Gasteiger partial charge < -0.3 is 9.72 Å². The highest BCUT2D eigenvalue weighted by molar-refractivity contribution is 6.00. The minimum atomic E-state index is -0.0488. The first-order chi connectivity index (χ1) is 11.2. The topological polar surface area (TPSA) is 46.4 Å². The molecule has 2 heterocycles. The predicted octanol–water partition coefficient (Wildman–Crippen LogP) is 3.45. The number of carbonyl (C=O) groups is 1. The second kappa shape index (κ2) is 5.54. The van der Waals surface area contributed by atoms with Crippen LogP contribution in [0.5, 0.6) is 0 Å². The molecule has 0 spiro atoms. The normalized spacial score (nSPS) is 17.0. The number of nitrogens with one attached hydrogen (secondary N) is 1. The maximum absolute atomic E-state index is 12.7. The summed E-state index contributed by atoms with van der Waals surface area (Å²) in [6, 6.07) is 12.3. The number of hydrogen-bond donors (Lipinski definition) is 1. The molecule has 0 fully saturated rings. The quantitative estimate of drug-likeness (QED) is 0.788. The molecule has 3 aromatic rings. The third-order valence-corrected chi connectivity index (χ3v) is 4.67. The van der Waals surface area contributed by atoms with Crippen molar-refractivity contribution in [1.29, 1.82) is 0 Å². The van der Waals surface area contributed by atoms with E-state index in [0.717, 1.165) is 25.0 Å². The van der Waals surface area contributed by atoms with E-state index in [1.165, 1.54) is 11.1 Å². The van der Waals surface area contributed by atoms with Crippen molar-refractivity contribution in [2.24, 2.45) is 0 Å². The van der Waals surface area contributed by atoms with Gasteiger partial charge >= 0.3 is 0 Å². The lowest BCUT2D eigenvalue weighted by molar-refractivity contribution is 0.0934. The fraction of sp³-hybridized carbons (Fsp3) is 0.263. The fourth-order valence-corrected chi connectivity index (χ4v) is 3.45. The lowest BCUT2D eigenvalue weighted by Gasteiger charge is -2.26. The molecule has 4 heteroatoms. The maximum atomic E-state index is 12.7. The van der Waals surface area contributed by atoms with Crippen LogP contribution >= 0.6 is 0 Å². The van der Waals surface area contributed by atoms with Crippen LogP contribution in [0, 0.1) is 6.92 Å². The smallest absolute Gasteiger partial charge is 0.255 e. The predicted molar refractivity (Wildman–Crippen MR) is 89.5 cm³/mol. The third-order valence-electron chi connectivity index (χ3n) is 4.67. The van der Waals surface area contributed by atoms with E-state index in [1.807, 2.05) is 35.7 Å². The zero-order valence-corrected chi connectivity index (χ0v) is 13.1. The Morgan fingerprint density at radius 2 is 2.13 bits per heavy atom. The second-order valence-corrected chi connectivity index (χ2v) is 6.13. The number of nitrogens with zero attached hydrogens (tertiary/aromatic N) is 2. The van der Waals surface area contributed by atoms with Gasteiger partial charge in [0.15, 0.2) is 0 Å². The van der Waals surface area contributed by atoms with E-state index in [-0.39, 0.29) is 11.9 Å². The molecule has 0 unspecified atom stereocenters. The van der Waals surface area contributed by atoms with Crippen LogP contribution in [0.3, 0.4) is 0 Å². The Morgan fingerprint density at radius 3 is 3.04 bits per heavy atom. The summed E-state index contributed by atoms with van der Waals surface area (Å²) in [7, 11) is 0. The van der Waals surface area contributed by atoms with Crippen LogP contribution in [0.2, 0.25) is 0 Å². The van der Waals surface area contributed by atoms with Gasteiger partial charge in [-0.3, -0.25) is 4.79 Å². The molecule has 1 atom stereocenters. The molecule has 116 valence electrons. The standard InChI is InChI=1S/C19H19N3O/c1-13-9-11-20-18-16(10-12-22(13)18)19(23)21-17-8-4-6-14-5-2-3-7-15(14)17/h2-3,5,7,9-12,17H,4,6,8H2,1H3,(H,21,23)/t17-/m0/s1. The highest BCUT2D eigenvalue weighted by atomic mass is 16.1.